The van der Waals surface area contributed by atoms with Crippen molar-refractivity contribution in [2.24, 2.45) is 23.3 Å². The van der Waals surface area contributed by atoms with E-state index in [1.165, 1.54) is 0 Å². The van der Waals surface area contributed by atoms with Gasteiger partial charge in [0.1, 0.15) is 22.3 Å². The van der Waals surface area contributed by atoms with Crippen molar-refractivity contribution < 1.29 is 29.3 Å². The maximum Gasteiger partial charge on any atom is 0.306 e. The molecule has 0 radical (unpaired) electrons. The van der Waals surface area contributed by atoms with Crippen LogP contribution < -0.4 is 31.6 Å². The molecule has 1 fully saturated rings. The summed E-state index contributed by atoms with van der Waals surface area (Å²) in [7, 11) is 1.57. The Morgan fingerprint density at radius 1 is 1.26 bits per heavy atom. The molecule has 1 aromatic rings. The molecular formula is C20H31BrN4O6. The molecule has 0 bridgehead atoms. The average Bonchev–Trinajstić information content (AvgIpc) is 2.70. The largest absolute Gasteiger partial charge is 0.495 e. The molecule has 0 aliphatic carbocycles. The Labute approximate surface area is 189 Å². The Balaban J connectivity index is 1.97. The Morgan fingerprint density at radius 3 is 2.58 bits per heavy atom. The van der Waals surface area contributed by atoms with Gasteiger partial charge in [0.2, 0.25) is 0 Å². The third kappa shape index (κ3) is 7.93. The van der Waals surface area contributed by atoms with Crippen molar-refractivity contribution in [2.75, 3.05) is 20.3 Å². The van der Waals surface area contributed by atoms with E-state index in [1.807, 2.05) is 12.1 Å². The van der Waals surface area contributed by atoms with Crippen LogP contribution in [0.25, 0.3) is 0 Å². The zero-order valence-corrected chi connectivity index (χ0v) is 19.1. The highest BCUT2D eigenvalue weighted by Gasteiger charge is 2.26. The minimum atomic E-state index is -1.000. The summed E-state index contributed by atoms with van der Waals surface area (Å²) >= 11 is 3.49. The first-order valence-electron chi connectivity index (χ1n) is 10.2. The zero-order chi connectivity index (χ0) is 23.0. The number of halogens is 1. The lowest BCUT2D eigenvalue weighted by Gasteiger charge is -2.34. The Hall–Kier alpha value is -1.92. The lowest BCUT2D eigenvalue weighted by Crippen LogP contribution is -2.65. The minimum Gasteiger partial charge on any atom is -0.495 e. The lowest BCUT2D eigenvalue weighted by atomic mass is 9.95. The quantitative estimate of drug-likeness (QED) is 0.227. The van der Waals surface area contributed by atoms with Gasteiger partial charge in [-0.05, 0) is 59.3 Å². The van der Waals surface area contributed by atoms with E-state index in [1.54, 1.807) is 7.11 Å². The molecule has 1 aliphatic heterocycles. The summed E-state index contributed by atoms with van der Waals surface area (Å²) in [6, 6.07) is 3.83. The second-order valence-corrected chi connectivity index (χ2v) is 8.40. The highest BCUT2D eigenvalue weighted by Crippen LogP contribution is 2.37. The number of nitrogens with one attached hydrogen (secondary N) is 2. The summed E-state index contributed by atoms with van der Waals surface area (Å²) in [6.45, 7) is 0.972. The van der Waals surface area contributed by atoms with E-state index in [0.29, 0.717) is 48.4 Å². The van der Waals surface area contributed by atoms with Gasteiger partial charge in [0.25, 0.3) is 0 Å². The van der Waals surface area contributed by atoms with E-state index in [-0.39, 0.29) is 31.2 Å². The number of ether oxygens (including phenoxy) is 2. The van der Waals surface area contributed by atoms with Crippen LogP contribution in [0.4, 0.5) is 0 Å². The molecule has 1 heterocycles. The summed E-state index contributed by atoms with van der Waals surface area (Å²) in [6.07, 6.45) is 0.875. The molecule has 8 N–H and O–H groups in total. The van der Waals surface area contributed by atoms with Crippen LogP contribution in [0.2, 0.25) is 0 Å². The van der Waals surface area contributed by atoms with Crippen LogP contribution >= 0.6 is 15.9 Å². The lowest BCUT2D eigenvalue weighted by molar-refractivity contribution is -0.143. The molecule has 0 spiro atoms. The SMILES string of the molecule is COc1cc(CC2CNC(N)NC2N)cc(OCCC[C@@H](CCC(=O)O)C(=O)O)c1Br. The number of hydrogen-bond acceptors (Lipinski definition) is 8. The smallest absolute Gasteiger partial charge is 0.306 e. The Bertz CT molecular complexity index is 765. The number of methoxy groups -OCH3 is 1. The van der Waals surface area contributed by atoms with Crippen LogP contribution in [0, 0.1) is 11.8 Å². The third-order valence-electron chi connectivity index (χ3n) is 5.27. The van der Waals surface area contributed by atoms with E-state index in [9.17, 15) is 14.7 Å². The maximum absolute atomic E-state index is 11.3. The van der Waals surface area contributed by atoms with Crippen LogP contribution in [0.1, 0.15) is 31.2 Å². The van der Waals surface area contributed by atoms with Gasteiger partial charge in [-0.25, -0.2) is 0 Å². The third-order valence-corrected chi connectivity index (χ3v) is 6.06. The second-order valence-electron chi connectivity index (χ2n) is 7.61. The fraction of sp³-hybridized carbons (Fsp3) is 0.600. The molecule has 4 atom stereocenters. The molecule has 10 nitrogen and oxygen atoms in total. The fourth-order valence-electron chi connectivity index (χ4n) is 3.51. The number of carbonyl (C=O) groups is 2. The molecule has 11 heteroatoms. The van der Waals surface area contributed by atoms with Gasteiger partial charge in [-0.1, -0.05) is 0 Å². The fourth-order valence-corrected chi connectivity index (χ4v) is 4.01. The molecule has 0 aromatic heterocycles. The van der Waals surface area contributed by atoms with Crippen LogP contribution in [-0.4, -0.2) is 54.9 Å². The highest BCUT2D eigenvalue weighted by atomic mass is 79.9. The van der Waals surface area contributed by atoms with Gasteiger partial charge in [-0.2, -0.15) is 0 Å². The summed E-state index contributed by atoms with van der Waals surface area (Å²) < 4.78 is 12.0. The molecule has 1 saturated heterocycles. The Morgan fingerprint density at radius 2 is 1.97 bits per heavy atom. The maximum atomic E-state index is 11.3. The first-order chi connectivity index (χ1) is 14.7. The van der Waals surface area contributed by atoms with E-state index < -0.39 is 17.9 Å². The minimum absolute atomic E-state index is 0.102. The highest BCUT2D eigenvalue weighted by molar-refractivity contribution is 9.10. The molecule has 0 amide bonds. The van der Waals surface area contributed by atoms with Gasteiger partial charge in [-0.3, -0.25) is 20.2 Å². The van der Waals surface area contributed by atoms with Crippen molar-refractivity contribution in [3.63, 3.8) is 0 Å². The number of rotatable bonds is 12. The predicted molar refractivity (Wildman–Crippen MR) is 118 cm³/mol. The molecule has 0 saturated carbocycles. The van der Waals surface area contributed by atoms with Gasteiger partial charge in [0, 0.05) is 18.9 Å². The molecule has 174 valence electrons. The normalized spacial score (nSPS) is 22.0. The van der Waals surface area contributed by atoms with Crippen molar-refractivity contribution >= 4 is 27.9 Å². The van der Waals surface area contributed by atoms with Crippen LogP contribution in [-0.2, 0) is 16.0 Å². The van der Waals surface area contributed by atoms with Crippen molar-refractivity contribution in [1.82, 2.24) is 10.6 Å². The summed E-state index contributed by atoms with van der Waals surface area (Å²) in [4.78, 5) is 22.0. The average molecular weight is 503 g/mol. The van der Waals surface area contributed by atoms with E-state index in [2.05, 4.69) is 26.6 Å². The topological polar surface area (TPSA) is 169 Å². The number of carboxylic acid groups (broad SMARTS) is 2. The number of aliphatic carboxylic acids is 2. The van der Waals surface area contributed by atoms with Crippen LogP contribution in [0.15, 0.2) is 16.6 Å². The zero-order valence-electron chi connectivity index (χ0n) is 17.5. The standard InChI is InChI=1S/C20H31BrN4O6/c1-30-14-8-11(7-13-10-24-20(23)25-18(13)22)9-15(17(14)21)31-6-2-3-12(19(28)29)4-5-16(26)27/h8-9,12-13,18,20,24-25H,2-7,10,22-23H2,1H3,(H,26,27)(H,28,29)/t12-,13?,18?,20?/m0/s1. The number of nitrogens with two attached hydrogens (primary N) is 2. The van der Waals surface area contributed by atoms with Gasteiger partial charge >= 0.3 is 11.9 Å². The monoisotopic (exact) mass is 502 g/mol. The summed E-state index contributed by atoms with van der Waals surface area (Å²) in [5, 5.41) is 24.2. The molecule has 31 heavy (non-hydrogen) atoms. The van der Waals surface area contributed by atoms with Crippen LogP contribution in [0.3, 0.4) is 0 Å². The summed E-state index contributed by atoms with van der Waals surface area (Å²) in [5.41, 5.74) is 12.9. The summed E-state index contributed by atoms with van der Waals surface area (Å²) in [5.74, 6) is -1.35. The van der Waals surface area contributed by atoms with Crippen molar-refractivity contribution in [1.29, 1.82) is 0 Å². The first-order valence-corrected chi connectivity index (χ1v) is 10.9. The number of benzene rings is 1. The first kappa shape index (κ1) is 25.3. The molecular weight excluding hydrogens is 472 g/mol. The van der Waals surface area contributed by atoms with Crippen molar-refractivity contribution in [3.05, 3.63) is 22.2 Å². The molecule has 1 aromatic carbocycles. The number of carboxylic acids is 2. The number of hydrogen-bond donors (Lipinski definition) is 6. The van der Waals surface area contributed by atoms with E-state index in [0.717, 1.165) is 5.56 Å². The van der Waals surface area contributed by atoms with E-state index >= 15 is 0 Å². The molecule has 3 unspecified atom stereocenters. The van der Waals surface area contributed by atoms with Gasteiger partial charge in [0.15, 0.2) is 0 Å². The molecule has 2 rings (SSSR count). The Kier molecular flexibility index (Phi) is 9.97. The second kappa shape index (κ2) is 12.2. The predicted octanol–water partition coefficient (Wildman–Crippen LogP) is 1.06. The van der Waals surface area contributed by atoms with Gasteiger partial charge in [-0.15, -0.1) is 0 Å². The molecule has 1 aliphatic rings. The van der Waals surface area contributed by atoms with Crippen molar-refractivity contribution in [2.45, 2.75) is 44.6 Å². The van der Waals surface area contributed by atoms with E-state index in [4.69, 9.17) is 26.0 Å². The van der Waals surface area contributed by atoms with Crippen LogP contribution in [0.5, 0.6) is 11.5 Å². The van der Waals surface area contributed by atoms with Gasteiger partial charge in [0.05, 0.1) is 25.8 Å². The van der Waals surface area contributed by atoms with Crippen molar-refractivity contribution in [3.8, 4) is 11.5 Å². The van der Waals surface area contributed by atoms with Gasteiger partial charge < -0.3 is 31.2 Å².